The summed E-state index contributed by atoms with van der Waals surface area (Å²) in [6.45, 7) is 11.4. The second kappa shape index (κ2) is 6.75. The van der Waals surface area contributed by atoms with Gasteiger partial charge in [-0.25, -0.2) is 0 Å². The molecule has 2 nitrogen and oxygen atoms in total. The second-order valence-electron chi connectivity index (χ2n) is 6.79. The van der Waals surface area contributed by atoms with Crippen molar-refractivity contribution in [1.82, 2.24) is 5.32 Å². The highest BCUT2D eigenvalue weighted by molar-refractivity contribution is 4.83. The Labute approximate surface area is 108 Å². The van der Waals surface area contributed by atoms with Crippen molar-refractivity contribution >= 4 is 0 Å². The molecule has 3 unspecified atom stereocenters. The molecule has 0 bridgehead atoms. The number of hydrogen-bond acceptors (Lipinski definition) is 2. The Bertz CT molecular complexity index is 215. The molecule has 1 saturated carbocycles. The van der Waals surface area contributed by atoms with Gasteiger partial charge in [0.2, 0.25) is 0 Å². The third kappa shape index (κ3) is 5.39. The fourth-order valence-electron chi connectivity index (χ4n) is 2.69. The molecule has 0 aromatic carbocycles. The van der Waals surface area contributed by atoms with E-state index in [9.17, 15) is 0 Å². The molecule has 0 aromatic heterocycles. The van der Waals surface area contributed by atoms with Crippen molar-refractivity contribution in [2.45, 2.75) is 59.4 Å². The first kappa shape index (κ1) is 15.0. The fourth-order valence-corrected chi connectivity index (χ4v) is 2.69. The molecule has 1 aliphatic carbocycles. The lowest BCUT2D eigenvalue weighted by atomic mass is 9.79. The average molecular weight is 241 g/mol. The van der Waals surface area contributed by atoms with Gasteiger partial charge in [0.15, 0.2) is 0 Å². The van der Waals surface area contributed by atoms with Crippen molar-refractivity contribution in [2.24, 2.45) is 17.3 Å². The minimum Gasteiger partial charge on any atom is -0.385 e. The zero-order valence-electron chi connectivity index (χ0n) is 12.4. The van der Waals surface area contributed by atoms with Gasteiger partial charge in [0, 0.05) is 26.3 Å². The minimum absolute atomic E-state index is 0.344. The Hall–Kier alpha value is -0.0800. The molecular weight excluding hydrogens is 210 g/mol. The summed E-state index contributed by atoms with van der Waals surface area (Å²) in [7, 11) is 1.79. The summed E-state index contributed by atoms with van der Waals surface area (Å²) >= 11 is 0. The number of rotatable bonds is 6. The topological polar surface area (TPSA) is 21.3 Å². The Kier molecular flexibility index (Phi) is 5.94. The van der Waals surface area contributed by atoms with Gasteiger partial charge in [0.25, 0.3) is 0 Å². The van der Waals surface area contributed by atoms with Gasteiger partial charge in [-0.1, -0.05) is 34.1 Å². The summed E-state index contributed by atoms with van der Waals surface area (Å²) in [4.78, 5) is 0. The molecule has 2 heteroatoms. The Morgan fingerprint density at radius 2 is 1.94 bits per heavy atom. The third-order valence-electron chi connectivity index (χ3n) is 4.28. The van der Waals surface area contributed by atoms with Crippen molar-refractivity contribution in [3.63, 3.8) is 0 Å². The summed E-state index contributed by atoms with van der Waals surface area (Å²) in [6, 6.07) is 0.723. The molecule has 0 aliphatic heterocycles. The van der Waals surface area contributed by atoms with Crippen LogP contribution < -0.4 is 5.32 Å². The fraction of sp³-hybridized carbons (Fsp3) is 1.00. The van der Waals surface area contributed by atoms with Crippen LogP contribution in [0.2, 0.25) is 0 Å². The predicted molar refractivity (Wildman–Crippen MR) is 74.2 cm³/mol. The smallest absolute Gasteiger partial charge is 0.0467 e. The van der Waals surface area contributed by atoms with Crippen LogP contribution in [0.15, 0.2) is 0 Å². The lowest BCUT2D eigenvalue weighted by molar-refractivity contribution is 0.140. The zero-order valence-corrected chi connectivity index (χ0v) is 12.4. The van der Waals surface area contributed by atoms with Crippen LogP contribution in [0.4, 0.5) is 0 Å². The lowest BCUT2D eigenvalue weighted by Gasteiger charge is -2.36. The molecule has 1 fully saturated rings. The van der Waals surface area contributed by atoms with Gasteiger partial charge >= 0.3 is 0 Å². The summed E-state index contributed by atoms with van der Waals surface area (Å²) in [5.74, 6) is 1.73. The molecule has 3 atom stereocenters. The lowest BCUT2D eigenvalue weighted by Crippen LogP contribution is -2.43. The van der Waals surface area contributed by atoms with Crippen LogP contribution in [0.5, 0.6) is 0 Å². The quantitative estimate of drug-likeness (QED) is 0.769. The van der Waals surface area contributed by atoms with E-state index in [1.165, 1.54) is 19.3 Å². The Morgan fingerprint density at radius 3 is 2.59 bits per heavy atom. The molecule has 102 valence electrons. The highest BCUT2D eigenvalue weighted by Gasteiger charge is 2.27. The monoisotopic (exact) mass is 241 g/mol. The molecule has 17 heavy (non-hydrogen) atoms. The second-order valence-corrected chi connectivity index (χ2v) is 6.79. The first-order valence-electron chi connectivity index (χ1n) is 7.17. The summed E-state index contributed by atoms with van der Waals surface area (Å²) in [5, 5.41) is 3.80. The van der Waals surface area contributed by atoms with Gasteiger partial charge in [-0.05, 0) is 36.5 Å². The number of hydrogen-bond donors (Lipinski definition) is 1. The number of ether oxygens (including phenoxy) is 1. The van der Waals surface area contributed by atoms with Crippen LogP contribution in [-0.4, -0.2) is 26.3 Å². The normalized spacial score (nSPS) is 30.5. The molecule has 0 spiro atoms. The molecule has 0 heterocycles. The minimum atomic E-state index is 0.344. The van der Waals surface area contributed by atoms with Gasteiger partial charge in [-0.3, -0.25) is 0 Å². The highest BCUT2D eigenvalue weighted by atomic mass is 16.5. The van der Waals surface area contributed by atoms with E-state index < -0.39 is 0 Å². The van der Waals surface area contributed by atoms with Crippen molar-refractivity contribution in [3.05, 3.63) is 0 Å². The van der Waals surface area contributed by atoms with Crippen molar-refractivity contribution in [3.8, 4) is 0 Å². The predicted octanol–water partition coefficient (Wildman–Crippen LogP) is 3.46. The SMILES string of the molecule is COCCC(C)(C)CNC1CC(C)CCC1C. The van der Waals surface area contributed by atoms with E-state index in [0.29, 0.717) is 5.41 Å². The molecule has 0 amide bonds. The average Bonchev–Trinajstić information content (AvgIpc) is 2.28. The van der Waals surface area contributed by atoms with Gasteiger partial charge in [-0.15, -0.1) is 0 Å². The molecule has 0 aromatic rings. The van der Waals surface area contributed by atoms with Crippen LogP contribution >= 0.6 is 0 Å². The maximum Gasteiger partial charge on any atom is 0.0467 e. The summed E-state index contributed by atoms with van der Waals surface area (Å²) < 4.78 is 5.18. The van der Waals surface area contributed by atoms with E-state index in [1.807, 2.05) is 0 Å². The van der Waals surface area contributed by atoms with E-state index in [1.54, 1.807) is 7.11 Å². The number of methoxy groups -OCH3 is 1. The zero-order chi connectivity index (χ0) is 12.9. The van der Waals surface area contributed by atoms with E-state index >= 15 is 0 Å². The van der Waals surface area contributed by atoms with Gasteiger partial charge in [0.1, 0.15) is 0 Å². The third-order valence-corrected chi connectivity index (χ3v) is 4.28. The summed E-state index contributed by atoms with van der Waals surface area (Å²) in [5.41, 5.74) is 0.344. The van der Waals surface area contributed by atoms with Crippen LogP contribution in [0.3, 0.4) is 0 Å². The largest absolute Gasteiger partial charge is 0.385 e. The van der Waals surface area contributed by atoms with Crippen molar-refractivity contribution in [1.29, 1.82) is 0 Å². The van der Waals surface area contributed by atoms with Crippen LogP contribution in [0.25, 0.3) is 0 Å². The molecule has 1 rings (SSSR count). The van der Waals surface area contributed by atoms with Gasteiger partial charge in [0.05, 0.1) is 0 Å². The standard InChI is InChI=1S/C15H31NO/c1-12-6-7-13(2)14(10-12)16-11-15(3,4)8-9-17-5/h12-14,16H,6-11H2,1-5H3. The van der Waals surface area contributed by atoms with Crippen LogP contribution in [0.1, 0.15) is 53.4 Å². The summed E-state index contributed by atoms with van der Waals surface area (Å²) in [6.07, 6.45) is 5.28. The maximum absolute atomic E-state index is 5.18. The van der Waals surface area contributed by atoms with E-state index in [0.717, 1.165) is 37.5 Å². The maximum atomic E-state index is 5.18. The van der Waals surface area contributed by atoms with E-state index in [2.05, 4.69) is 33.0 Å². The number of nitrogens with one attached hydrogen (secondary N) is 1. The molecule has 0 saturated heterocycles. The molecular formula is C15H31NO. The molecule has 1 N–H and O–H groups in total. The Balaban J connectivity index is 2.32. The van der Waals surface area contributed by atoms with Crippen LogP contribution in [-0.2, 0) is 4.74 Å². The van der Waals surface area contributed by atoms with Crippen LogP contribution in [0, 0.1) is 17.3 Å². The van der Waals surface area contributed by atoms with E-state index in [4.69, 9.17) is 4.74 Å². The first-order valence-corrected chi connectivity index (χ1v) is 7.17. The molecule has 1 aliphatic rings. The van der Waals surface area contributed by atoms with Gasteiger partial charge in [-0.2, -0.15) is 0 Å². The Morgan fingerprint density at radius 1 is 1.24 bits per heavy atom. The van der Waals surface area contributed by atoms with Gasteiger partial charge < -0.3 is 10.1 Å². The van der Waals surface area contributed by atoms with Crippen molar-refractivity contribution in [2.75, 3.05) is 20.3 Å². The molecule has 0 radical (unpaired) electrons. The van der Waals surface area contributed by atoms with E-state index in [-0.39, 0.29) is 0 Å². The highest BCUT2D eigenvalue weighted by Crippen LogP contribution is 2.29. The van der Waals surface area contributed by atoms with Crippen molar-refractivity contribution < 1.29 is 4.74 Å². The first-order chi connectivity index (χ1) is 7.94.